The smallest absolute Gasteiger partial charge is 0.335 e. The number of aromatic carboxylic acids is 1. The molecule has 0 saturated carbocycles. The molecule has 5 nitrogen and oxygen atoms in total. The van der Waals surface area contributed by atoms with Gasteiger partial charge < -0.3 is 15.2 Å². The Balaban J connectivity index is 1.97. The van der Waals surface area contributed by atoms with E-state index < -0.39 is 5.97 Å². The van der Waals surface area contributed by atoms with Crippen LogP contribution in [0.5, 0.6) is 5.75 Å². The second-order valence-electron chi connectivity index (χ2n) is 5.67. The zero-order chi connectivity index (χ0) is 17.5. The molecule has 1 amide bonds. The summed E-state index contributed by atoms with van der Waals surface area (Å²) < 4.78 is 5.65. The summed E-state index contributed by atoms with van der Waals surface area (Å²) in [6, 6.07) is 13.8. The van der Waals surface area contributed by atoms with Crippen LogP contribution in [0, 0.1) is 0 Å². The van der Waals surface area contributed by atoms with Gasteiger partial charge >= 0.3 is 5.97 Å². The fourth-order valence-electron chi connectivity index (χ4n) is 2.29. The van der Waals surface area contributed by atoms with Gasteiger partial charge in [-0.1, -0.05) is 24.3 Å². The van der Waals surface area contributed by atoms with Crippen LogP contribution in [0.4, 0.5) is 0 Å². The fraction of sp³-hybridized carbons (Fsp3) is 0.263. The van der Waals surface area contributed by atoms with Crippen LogP contribution in [-0.4, -0.2) is 29.6 Å². The van der Waals surface area contributed by atoms with Crippen molar-refractivity contribution in [2.75, 3.05) is 6.54 Å². The van der Waals surface area contributed by atoms with E-state index in [2.05, 4.69) is 5.32 Å². The third-order valence-electron chi connectivity index (χ3n) is 3.37. The number of hydrogen-bond acceptors (Lipinski definition) is 3. The first-order valence-corrected chi connectivity index (χ1v) is 7.83. The number of nitrogens with one attached hydrogen (secondary N) is 1. The van der Waals surface area contributed by atoms with Crippen molar-refractivity contribution in [1.29, 1.82) is 0 Å². The molecule has 2 rings (SSSR count). The lowest BCUT2D eigenvalue weighted by Gasteiger charge is -2.14. The molecule has 2 aromatic rings. The van der Waals surface area contributed by atoms with Gasteiger partial charge in [-0.05, 0) is 50.1 Å². The molecule has 0 saturated heterocycles. The van der Waals surface area contributed by atoms with E-state index in [1.165, 1.54) is 0 Å². The molecule has 0 aliphatic rings. The summed E-state index contributed by atoms with van der Waals surface area (Å²) in [5.41, 5.74) is 1.60. The van der Waals surface area contributed by atoms with Crippen molar-refractivity contribution in [3.8, 4) is 5.75 Å². The number of carbonyl (C=O) groups excluding carboxylic acids is 1. The van der Waals surface area contributed by atoms with Crippen molar-refractivity contribution < 1.29 is 19.4 Å². The van der Waals surface area contributed by atoms with E-state index >= 15 is 0 Å². The van der Waals surface area contributed by atoms with E-state index in [1.807, 2.05) is 26.0 Å². The summed E-state index contributed by atoms with van der Waals surface area (Å²) in [6.45, 7) is 4.23. The number of amides is 1. The predicted molar refractivity (Wildman–Crippen MR) is 91.6 cm³/mol. The molecule has 0 radical (unpaired) electrons. The quantitative estimate of drug-likeness (QED) is 0.819. The minimum absolute atomic E-state index is 0.0160. The van der Waals surface area contributed by atoms with Crippen molar-refractivity contribution in [2.24, 2.45) is 0 Å². The molecule has 2 aromatic carbocycles. The van der Waals surface area contributed by atoms with Crippen molar-refractivity contribution in [1.82, 2.24) is 5.32 Å². The van der Waals surface area contributed by atoms with Gasteiger partial charge in [-0.25, -0.2) is 4.79 Å². The minimum Gasteiger partial charge on any atom is -0.490 e. The van der Waals surface area contributed by atoms with Crippen molar-refractivity contribution >= 4 is 11.9 Å². The van der Waals surface area contributed by atoms with Crippen LogP contribution in [0.2, 0.25) is 0 Å². The molecule has 0 atom stereocenters. The second-order valence-corrected chi connectivity index (χ2v) is 5.67. The lowest BCUT2D eigenvalue weighted by molar-refractivity contribution is 0.0696. The molecule has 0 spiro atoms. The second kappa shape index (κ2) is 8.15. The van der Waals surface area contributed by atoms with Crippen molar-refractivity contribution in [3.05, 3.63) is 65.2 Å². The Morgan fingerprint density at radius 1 is 1.12 bits per heavy atom. The van der Waals surface area contributed by atoms with Gasteiger partial charge in [-0.3, -0.25) is 4.79 Å². The highest BCUT2D eigenvalue weighted by Crippen LogP contribution is 2.19. The van der Waals surface area contributed by atoms with Crippen LogP contribution < -0.4 is 10.1 Å². The lowest BCUT2D eigenvalue weighted by Crippen LogP contribution is -2.26. The van der Waals surface area contributed by atoms with E-state index in [9.17, 15) is 9.59 Å². The molecule has 5 heteroatoms. The molecule has 0 fully saturated rings. The van der Waals surface area contributed by atoms with Gasteiger partial charge in [0.05, 0.1) is 17.2 Å². The van der Waals surface area contributed by atoms with Crippen molar-refractivity contribution in [2.45, 2.75) is 26.4 Å². The Bertz CT molecular complexity index is 725. The molecule has 126 valence electrons. The number of carboxylic acids is 1. The summed E-state index contributed by atoms with van der Waals surface area (Å²) in [6.07, 6.45) is 0.540. The average Bonchev–Trinajstić information content (AvgIpc) is 2.55. The lowest BCUT2D eigenvalue weighted by atomic mass is 10.1. The molecule has 0 aliphatic carbocycles. The molecule has 0 aliphatic heterocycles. The van der Waals surface area contributed by atoms with Crippen LogP contribution in [0.1, 0.15) is 40.1 Å². The zero-order valence-corrected chi connectivity index (χ0v) is 13.8. The number of hydrogen-bond donors (Lipinski definition) is 2. The van der Waals surface area contributed by atoms with E-state index in [0.29, 0.717) is 24.3 Å². The summed E-state index contributed by atoms with van der Waals surface area (Å²) in [5.74, 6) is -0.612. The van der Waals surface area contributed by atoms with Gasteiger partial charge in [0.1, 0.15) is 5.75 Å². The normalized spacial score (nSPS) is 10.5. The van der Waals surface area contributed by atoms with Crippen molar-refractivity contribution in [3.63, 3.8) is 0 Å². The molecule has 0 aromatic heterocycles. The molecule has 2 N–H and O–H groups in total. The highest BCUT2D eigenvalue weighted by atomic mass is 16.5. The van der Waals surface area contributed by atoms with Gasteiger partial charge in [0.25, 0.3) is 5.91 Å². The first-order chi connectivity index (χ1) is 11.5. The van der Waals surface area contributed by atoms with Crippen LogP contribution in [0.15, 0.2) is 48.5 Å². The van der Waals surface area contributed by atoms with Gasteiger partial charge in [0.15, 0.2) is 0 Å². The molecular weight excluding hydrogens is 306 g/mol. The maximum Gasteiger partial charge on any atom is 0.335 e. The Labute approximate surface area is 141 Å². The topological polar surface area (TPSA) is 75.6 Å². The third kappa shape index (κ3) is 4.84. The number of para-hydroxylation sites is 1. The Kier molecular flexibility index (Phi) is 5.95. The predicted octanol–water partition coefficient (Wildman–Crippen LogP) is 3.14. The van der Waals surface area contributed by atoms with Crippen LogP contribution in [0.3, 0.4) is 0 Å². The monoisotopic (exact) mass is 327 g/mol. The Hall–Kier alpha value is -2.82. The van der Waals surface area contributed by atoms with E-state index in [-0.39, 0.29) is 17.6 Å². The highest BCUT2D eigenvalue weighted by Gasteiger charge is 2.12. The van der Waals surface area contributed by atoms with Gasteiger partial charge in [0, 0.05) is 6.54 Å². The first-order valence-electron chi connectivity index (χ1n) is 7.83. The summed E-state index contributed by atoms with van der Waals surface area (Å²) in [4.78, 5) is 23.3. The summed E-state index contributed by atoms with van der Waals surface area (Å²) in [7, 11) is 0. The van der Waals surface area contributed by atoms with Gasteiger partial charge in [-0.2, -0.15) is 0 Å². The van der Waals surface area contributed by atoms with Crippen LogP contribution in [-0.2, 0) is 6.42 Å². The third-order valence-corrected chi connectivity index (χ3v) is 3.37. The number of benzene rings is 2. The average molecular weight is 327 g/mol. The number of rotatable bonds is 7. The molecule has 0 unspecified atom stereocenters. The minimum atomic E-state index is -0.958. The SMILES string of the molecule is CC(C)Oc1ccccc1C(=O)NCCc1cccc(C(=O)O)c1. The van der Waals surface area contributed by atoms with Crippen LogP contribution >= 0.6 is 0 Å². The number of carbonyl (C=O) groups is 2. The highest BCUT2D eigenvalue weighted by molar-refractivity contribution is 5.96. The van der Waals surface area contributed by atoms with E-state index in [0.717, 1.165) is 5.56 Å². The van der Waals surface area contributed by atoms with Gasteiger partial charge in [0.2, 0.25) is 0 Å². The summed E-state index contributed by atoms with van der Waals surface area (Å²) in [5, 5.41) is 11.8. The molecule has 24 heavy (non-hydrogen) atoms. The van der Waals surface area contributed by atoms with E-state index in [1.54, 1.807) is 36.4 Å². The largest absolute Gasteiger partial charge is 0.490 e. The van der Waals surface area contributed by atoms with Crippen LogP contribution in [0.25, 0.3) is 0 Å². The molecule has 0 heterocycles. The summed E-state index contributed by atoms with van der Waals surface area (Å²) >= 11 is 0. The van der Waals surface area contributed by atoms with E-state index in [4.69, 9.17) is 9.84 Å². The zero-order valence-electron chi connectivity index (χ0n) is 13.8. The maximum atomic E-state index is 12.3. The molecule has 0 bridgehead atoms. The maximum absolute atomic E-state index is 12.3. The Morgan fingerprint density at radius 3 is 2.58 bits per heavy atom. The van der Waals surface area contributed by atoms with Gasteiger partial charge in [-0.15, -0.1) is 0 Å². The first kappa shape index (κ1) is 17.5. The number of ether oxygens (including phenoxy) is 1. The fourth-order valence-corrected chi connectivity index (χ4v) is 2.29. The Morgan fingerprint density at radius 2 is 1.88 bits per heavy atom. The molecular formula is C19H21NO4. The standard InChI is InChI=1S/C19H21NO4/c1-13(2)24-17-9-4-3-8-16(17)18(21)20-11-10-14-6-5-7-15(12-14)19(22)23/h3-9,12-13H,10-11H2,1-2H3,(H,20,21)(H,22,23). The number of carboxylic acid groups (broad SMARTS) is 1.